The molecule has 7 aliphatic heterocycles. The number of phosphoric ester groups is 2. The molecular formula is C6H3O18P3. The molecule has 150 valence electrons. The molecule has 0 aromatic carbocycles. The molecule has 7 saturated heterocycles. The number of phosphoric acid groups is 3. The zero-order chi connectivity index (χ0) is 19.0. The Labute approximate surface area is 144 Å². The molecule has 0 aromatic rings. The summed E-state index contributed by atoms with van der Waals surface area (Å²) in [4.78, 5) is 9.15. The minimum absolute atomic E-state index is 3.15. The molecule has 7 aliphatic rings. The van der Waals surface area contributed by atoms with Crippen LogP contribution in [-0.4, -0.2) is 50.4 Å². The minimum Gasteiger partial charge on any atom is -0.356 e. The van der Waals surface area contributed by atoms with E-state index >= 15 is 0 Å². The molecule has 7 heterocycles. The molecule has 7 bridgehead atoms. The van der Waals surface area contributed by atoms with Crippen LogP contribution in [0.2, 0.25) is 0 Å². The average Bonchev–Trinajstić information content (AvgIpc) is 3.17. The summed E-state index contributed by atoms with van der Waals surface area (Å²) < 4.78 is 84.5. The van der Waals surface area contributed by atoms with Gasteiger partial charge in [-0.1, -0.05) is 0 Å². The van der Waals surface area contributed by atoms with Crippen LogP contribution in [0.4, 0.5) is 0 Å². The van der Waals surface area contributed by atoms with Gasteiger partial charge in [0.2, 0.25) is 0 Å². The van der Waals surface area contributed by atoms with Crippen molar-refractivity contribution in [1.29, 1.82) is 0 Å². The fraction of sp³-hybridized carbons (Fsp3) is 1.00. The van der Waals surface area contributed by atoms with Crippen molar-refractivity contribution in [2.45, 2.75) is 35.1 Å². The van der Waals surface area contributed by atoms with Crippen LogP contribution in [0.5, 0.6) is 0 Å². The summed E-state index contributed by atoms with van der Waals surface area (Å²) >= 11 is 0. The van der Waals surface area contributed by atoms with Crippen molar-refractivity contribution in [1.82, 2.24) is 0 Å². The molecule has 21 heteroatoms. The summed E-state index contributed by atoms with van der Waals surface area (Å²) in [5.74, 6) is -20.6. The predicted octanol–water partition coefficient (Wildman–Crippen LogP) is -1.50. The highest BCUT2D eigenvalue weighted by molar-refractivity contribution is 7.50. The van der Waals surface area contributed by atoms with Gasteiger partial charge in [-0.25, -0.2) is 45.4 Å². The average molecular weight is 456 g/mol. The van der Waals surface area contributed by atoms with Crippen molar-refractivity contribution in [2.24, 2.45) is 0 Å². The van der Waals surface area contributed by atoms with Crippen molar-refractivity contribution in [3.05, 3.63) is 0 Å². The highest BCUT2D eigenvalue weighted by Crippen LogP contribution is 2.90. The number of fused-ring (bicyclic) bond motifs is 4. The quantitative estimate of drug-likeness (QED) is 0.279. The molecule has 9 unspecified atom stereocenters. The highest BCUT2D eigenvalue weighted by Gasteiger charge is 3.08. The van der Waals surface area contributed by atoms with E-state index in [0.717, 1.165) is 0 Å². The molecule has 0 amide bonds. The largest absolute Gasteiger partial charge is 0.534 e. The van der Waals surface area contributed by atoms with Crippen LogP contribution in [-0.2, 0) is 69.2 Å². The van der Waals surface area contributed by atoms with Gasteiger partial charge in [0.15, 0.2) is 0 Å². The molecule has 18 nitrogen and oxygen atoms in total. The number of aliphatic hydroxyl groups is 3. The van der Waals surface area contributed by atoms with E-state index in [2.05, 4.69) is 28.2 Å². The van der Waals surface area contributed by atoms with Gasteiger partial charge < -0.3 is 15.3 Å². The Morgan fingerprint density at radius 3 is 1.78 bits per heavy atom. The van der Waals surface area contributed by atoms with Crippen LogP contribution in [0.1, 0.15) is 0 Å². The maximum absolute atomic E-state index is 12.6. The Bertz CT molecular complexity index is 996. The first-order valence-corrected chi connectivity index (χ1v) is 11.1. The van der Waals surface area contributed by atoms with E-state index in [1.54, 1.807) is 0 Å². The first-order valence-electron chi connectivity index (χ1n) is 6.69. The summed E-state index contributed by atoms with van der Waals surface area (Å²) in [6.07, 6.45) is 0. The number of ether oxygens (including phenoxy) is 1. The summed E-state index contributed by atoms with van der Waals surface area (Å²) in [5, 5.41) is 32.7. The van der Waals surface area contributed by atoms with E-state index in [9.17, 15) is 29.0 Å². The van der Waals surface area contributed by atoms with Gasteiger partial charge in [0.1, 0.15) is 0 Å². The van der Waals surface area contributed by atoms with E-state index in [1.807, 2.05) is 0 Å². The maximum Gasteiger partial charge on any atom is 0.534 e. The SMILES string of the molecule is O=P12OOC34OC56OP(=O)(OC5(OO1)O2)OC6(O)C1(O)OP(=O)(O3)OC41O. The lowest BCUT2D eigenvalue weighted by atomic mass is 9.83. The third kappa shape index (κ3) is 1.32. The molecule has 7 rings (SSSR count). The van der Waals surface area contributed by atoms with Gasteiger partial charge in [-0.05, 0) is 0 Å². The zero-order valence-electron chi connectivity index (χ0n) is 11.8. The van der Waals surface area contributed by atoms with Gasteiger partial charge in [0.25, 0.3) is 0 Å². The van der Waals surface area contributed by atoms with E-state index < -0.39 is 58.6 Å². The zero-order valence-corrected chi connectivity index (χ0v) is 14.5. The Hall–Kier alpha value is 0.0900. The number of rotatable bonds is 0. The molecule has 3 spiro atoms. The molecule has 27 heavy (non-hydrogen) atoms. The Morgan fingerprint density at radius 2 is 1.07 bits per heavy atom. The van der Waals surface area contributed by atoms with E-state index in [-0.39, 0.29) is 0 Å². The molecule has 3 N–H and O–H groups in total. The summed E-state index contributed by atoms with van der Waals surface area (Å²) in [5.41, 5.74) is 0. The third-order valence-corrected chi connectivity index (χ3v) is 8.46. The van der Waals surface area contributed by atoms with Gasteiger partial charge >= 0.3 is 58.6 Å². The van der Waals surface area contributed by atoms with E-state index in [1.165, 1.54) is 0 Å². The second-order valence-corrected chi connectivity index (χ2v) is 10.3. The lowest BCUT2D eigenvalue weighted by molar-refractivity contribution is -0.662. The maximum atomic E-state index is 12.6. The Kier molecular flexibility index (Phi) is 2.35. The normalized spacial score (nSPS) is 75.2. The van der Waals surface area contributed by atoms with Crippen molar-refractivity contribution in [2.75, 3.05) is 0 Å². The molecule has 0 aromatic heterocycles. The minimum atomic E-state index is -4.97. The van der Waals surface area contributed by atoms with Crippen LogP contribution in [0.3, 0.4) is 0 Å². The van der Waals surface area contributed by atoms with Gasteiger partial charge in [0, 0.05) is 0 Å². The van der Waals surface area contributed by atoms with Crippen molar-refractivity contribution in [3.63, 3.8) is 0 Å². The Morgan fingerprint density at radius 1 is 0.556 bits per heavy atom. The highest BCUT2D eigenvalue weighted by atomic mass is 31.2. The summed E-state index contributed by atoms with van der Waals surface area (Å²) in [6, 6.07) is 0. The van der Waals surface area contributed by atoms with Crippen LogP contribution in [0.15, 0.2) is 0 Å². The summed E-state index contributed by atoms with van der Waals surface area (Å²) in [7, 11) is -14.8. The summed E-state index contributed by atoms with van der Waals surface area (Å²) in [6.45, 7) is 0. The molecule has 0 radical (unpaired) electrons. The third-order valence-electron chi connectivity index (χ3n) is 4.61. The first-order chi connectivity index (χ1) is 12.3. The second kappa shape index (κ2) is 3.76. The molecule has 7 fully saturated rings. The fourth-order valence-corrected chi connectivity index (χ4v) is 8.06. The van der Waals surface area contributed by atoms with E-state index in [0.29, 0.717) is 0 Å². The molecule has 9 atom stereocenters. The topological polar surface area (TPSA) is 223 Å². The van der Waals surface area contributed by atoms with Crippen molar-refractivity contribution < 1.29 is 84.5 Å². The first kappa shape index (κ1) is 16.8. The van der Waals surface area contributed by atoms with Crippen LogP contribution >= 0.6 is 23.5 Å². The lowest BCUT2D eigenvalue weighted by Gasteiger charge is -2.58. The van der Waals surface area contributed by atoms with Crippen LogP contribution in [0, 0.1) is 0 Å². The van der Waals surface area contributed by atoms with Gasteiger partial charge in [-0.2, -0.15) is 9.78 Å². The van der Waals surface area contributed by atoms with Crippen LogP contribution < -0.4 is 0 Å². The Balaban J connectivity index is 1.61. The molecule has 0 saturated carbocycles. The molecular weight excluding hydrogens is 453 g/mol. The van der Waals surface area contributed by atoms with Crippen LogP contribution in [0.25, 0.3) is 0 Å². The van der Waals surface area contributed by atoms with Crippen molar-refractivity contribution >= 4 is 23.5 Å². The fourth-order valence-electron chi connectivity index (χ4n) is 3.58. The predicted molar refractivity (Wildman–Crippen MR) is 58.9 cm³/mol. The smallest absolute Gasteiger partial charge is 0.356 e. The van der Waals surface area contributed by atoms with Crippen molar-refractivity contribution in [3.8, 4) is 0 Å². The number of hydrogen-bond acceptors (Lipinski definition) is 18. The number of hydrogen-bond donors (Lipinski definition) is 3. The second-order valence-electron chi connectivity index (χ2n) is 6.06. The monoisotopic (exact) mass is 456 g/mol. The standard InChI is InChI=1S/C6H3O18P3/c7-1-2(8)4-6(21-26(11,17-2)19-4)15-24-27(12,22-6)23-14-5(13-4)3(1,9)18-25(10,16-1)20-5/h7-9H. The van der Waals surface area contributed by atoms with Gasteiger partial charge in [-0.15, -0.1) is 9.35 Å². The molecule has 0 aliphatic carbocycles. The van der Waals surface area contributed by atoms with Gasteiger partial charge in [0.05, 0.1) is 0 Å². The van der Waals surface area contributed by atoms with Gasteiger partial charge in [-0.3, -0.25) is 4.74 Å². The van der Waals surface area contributed by atoms with E-state index in [4.69, 9.17) is 27.4 Å². The lowest BCUT2D eigenvalue weighted by Crippen LogP contribution is -2.90.